The van der Waals surface area contributed by atoms with Crippen molar-refractivity contribution in [2.45, 2.75) is 38.3 Å². The molecule has 1 amide bonds. The summed E-state index contributed by atoms with van der Waals surface area (Å²) in [5, 5.41) is 11.9. The Kier molecular flexibility index (Phi) is 4.09. The van der Waals surface area contributed by atoms with Crippen molar-refractivity contribution in [3.63, 3.8) is 0 Å². The second kappa shape index (κ2) is 6.22. The molecule has 2 aliphatic rings. The van der Waals surface area contributed by atoms with E-state index >= 15 is 0 Å². The predicted octanol–water partition coefficient (Wildman–Crippen LogP) is 1.59. The SMILES string of the molecule is O=C(c1nc2sccn2c1CN1CCCC(O)C1)N1CCCC1. The maximum atomic E-state index is 12.8. The number of piperidine rings is 1. The molecule has 0 spiro atoms. The number of fused-ring (bicyclic) bond motifs is 1. The molecule has 6 nitrogen and oxygen atoms in total. The number of β-amino-alcohol motifs (C(OH)–C–C–N with tert-alkyl or cyclic N) is 1. The van der Waals surface area contributed by atoms with Crippen molar-refractivity contribution >= 4 is 22.2 Å². The van der Waals surface area contributed by atoms with Crippen LogP contribution in [0.1, 0.15) is 41.9 Å². The minimum absolute atomic E-state index is 0.0611. The lowest BCUT2D eigenvalue weighted by atomic mass is 10.1. The van der Waals surface area contributed by atoms with Gasteiger partial charge in [0.15, 0.2) is 10.7 Å². The fraction of sp³-hybridized carbons (Fsp3) is 0.625. The number of thiazole rings is 1. The molecule has 0 radical (unpaired) electrons. The minimum atomic E-state index is -0.257. The zero-order valence-corrected chi connectivity index (χ0v) is 14.0. The van der Waals surface area contributed by atoms with Crippen LogP contribution in [0.3, 0.4) is 0 Å². The molecule has 0 aliphatic carbocycles. The summed E-state index contributed by atoms with van der Waals surface area (Å²) in [4.78, 5) is 22.5. The number of aromatic nitrogens is 2. The van der Waals surface area contributed by atoms with Gasteiger partial charge in [-0.2, -0.15) is 0 Å². The van der Waals surface area contributed by atoms with E-state index in [2.05, 4.69) is 9.88 Å². The summed E-state index contributed by atoms with van der Waals surface area (Å²) in [5.41, 5.74) is 1.56. The second-order valence-corrected chi connectivity index (χ2v) is 7.37. The van der Waals surface area contributed by atoms with Crippen molar-refractivity contribution in [3.8, 4) is 0 Å². The molecule has 124 valence electrons. The van der Waals surface area contributed by atoms with Gasteiger partial charge in [0.1, 0.15) is 0 Å². The highest BCUT2D eigenvalue weighted by atomic mass is 32.1. The minimum Gasteiger partial charge on any atom is -0.392 e. The van der Waals surface area contributed by atoms with E-state index in [9.17, 15) is 9.90 Å². The van der Waals surface area contributed by atoms with Crippen molar-refractivity contribution in [2.75, 3.05) is 26.2 Å². The predicted molar refractivity (Wildman–Crippen MR) is 88.7 cm³/mol. The molecular weight excluding hydrogens is 312 g/mol. The van der Waals surface area contributed by atoms with Crippen molar-refractivity contribution in [2.24, 2.45) is 0 Å². The molecule has 7 heteroatoms. The first-order valence-corrected chi connectivity index (χ1v) is 9.24. The smallest absolute Gasteiger partial charge is 0.274 e. The topological polar surface area (TPSA) is 61.1 Å². The number of carbonyl (C=O) groups is 1. The number of hydrogen-bond acceptors (Lipinski definition) is 5. The zero-order chi connectivity index (χ0) is 15.8. The first-order chi connectivity index (χ1) is 11.2. The number of likely N-dealkylation sites (tertiary alicyclic amines) is 2. The Balaban J connectivity index is 1.64. The molecule has 1 atom stereocenters. The Labute approximate surface area is 139 Å². The Morgan fingerprint density at radius 3 is 2.91 bits per heavy atom. The van der Waals surface area contributed by atoms with Crippen LogP contribution >= 0.6 is 11.3 Å². The monoisotopic (exact) mass is 334 g/mol. The number of amides is 1. The number of nitrogens with zero attached hydrogens (tertiary/aromatic N) is 4. The van der Waals surface area contributed by atoms with Gasteiger partial charge in [-0.15, -0.1) is 11.3 Å². The van der Waals surface area contributed by atoms with Crippen LogP contribution in [-0.4, -0.2) is 62.5 Å². The van der Waals surface area contributed by atoms with E-state index in [4.69, 9.17) is 0 Å². The molecule has 2 fully saturated rings. The third-order valence-corrected chi connectivity index (χ3v) is 5.57. The summed E-state index contributed by atoms with van der Waals surface area (Å²) in [5.74, 6) is 0.0611. The van der Waals surface area contributed by atoms with Gasteiger partial charge in [0.2, 0.25) is 0 Å². The summed E-state index contributed by atoms with van der Waals surface area (Å²) in [7, 11) is 0. The standard InChI is InChI=1S/C16H22N4O2S/c21-12-4-3-5-18(10-12)11-13-14(15(22)19-6-1-2-7-19)17-16-20(13)8-9-23-16/h8-9,12,21H,1-7,10-11H2. The van der Waals surface area contributed by atoms with Crippen molar-refractivity contribution in [1.29, 1.82) is 0 Å². The normalized spacial score (nSPS) is 23.0. The van der Waals surface area contributed by atoms with Crippen molar-refractivity contribution in [3.05, 3.63) is 23.0 Å². The second-order valence-electron chi connectivity index (χ2n) is 6.49. The van der Waals surface area contributed by atoms with Crippen LogP contribution in [0.2, 0.25) is 0 Å². The molecule has 2 aromatic rings. The highest BCUT2D eigenvalue weighted by Crippen LogP contribution is 2.23. The lowest BCUT2D eigenvalue weighted by Crippen LogP contribution is -2.38. The Morgan fingerprint density at radius 2 is 2.13 bits per heavy atom. The van der Waals surface area contributed by atoms with E-state index in [1.54, 1.807) is 11.3 Å². The number of aliphatic hydroxyl groups excluding tert-OH is 1. The number of hydrogen-bond donors (Lipinski definition) is 1. The van der Waals surface area contributed by atoms with Crippen LogP contribution in [0.15, 0.2) is 11.6 Å². The molecule has 0 saturated carbocycles. The van der Waals surface area contributed by atoms with Gasteiger partial charge in [-0.3, -0.25) is 14.1 Å². The van der Waals surface area contributed by atoms with E-state index in [-0.39, 0.29) is 12.0 Å². The van der Waals surface area contributed by atoms with Crippen LogP contribution in [0.5, 0.6) is 0 Å². The Hall–Kier alpha value is -1.44. The van der Waals surface area contributed by atoms with Gasteiger partial charge >= 0.3 is 0 Å². The maximum Gasteiger partial charge on any atom is 0.274 e. The first-order valence-electron chi connectivity index (χ1n) is 8.36. The molecule has 0 aromatic carbocycles. The maximum absolute atomic E-state index is 12.8. The molecule has 1 N–H and O–H groups in total. The first kappa shape index (κ1) is 15.1. The third kappa shape index (κ3) is 2.88. The number of rotatable bonds is 3. The summed E-state index contributed by atoms with van der Waals surface area (Å²) in [6.45, 7) is 3.99. The Bertz CT molecular complexity index is 704. The summed E-state index contributed by atoms with van der Waals surface area (Å²) in [6.07, 6.45) is 5.78. The van der Waals surface area contributed by atoms with Crippen LogP contribution in [0.25, 0.3) is 4.96 Å². The lowest BCUT2D eigenvalue weighted by molar-refractivity contribution is 0.0653. The Morgan fingerprint density at radius 1 is 1.30 bits per heavy atom. The van der Waals surface area contributed by atoms with Crippen LogP contribution in [0, 0.1) is 0 Å². The van der Waals surface area contributed by atoms with E-state index in [1.165, 1.54) is 0 Å². The highest BCUT2D eigenvalue weighted by Gasteiger charge is 2.28. The molecule has 4 heterocycles. The third-order valence-electron chi connectivity index (χ3n) is 4.81. The van der Waals surface area contributed by atoms with Crippen molar-refractivity contribution < 1.29 is 9.90 Å². The van der Waals surface area contributed by atoms with Crippen LogP contribution < -0.4 is 0 Å². The molecule has 23 heavy (non-hydrogen) atoms. The van der Waals surface area contributed by atoms with Gasteiger partial charge in [-0.1, -0.05) is 0 Å². The summed E-state index contributed by atoms with van der Waals surface area (Å²) < 4.78 is 2.04. The summed E-state index contributed by atoms with van der Waals surface area (Å²) in [6, 6.07) is 0. The molecule has 1 unspecified atom stereocenters. The average Bonchev–Trinajstić information content (AvgIpc) is 3.25. The van der Waals surface area contributed by atoms with Crippen LogP contribution in [0.4, 0.5) is 0 Å². The fourth-order valence-electron chi connectivity index (χ4n) is 3.61. The van der Waals surface area contributed by atoms with Gasteiger partial charge in [0.05, 0.1) is 11.8 Å². The molecule has 4 rings (SSSR count). The number of carbonyl (C=O) groups excluding carboxylic acids is 1. The molecule has 2 aromatic heterocycles. The van der Waals surface area contributed by atoms with Gasteiger partial charge in [-0.25, -0.2) is 4.98 Å². The zero-order valence-electron chi connectivity index (χ0n) is 13.1. The van der Waals surface area contributed by atoms with Gasteiger partial charge < -0.3 is 10.0 Å². The van der Waals surface area contributed by atoms with Crippen LogP contribution in [-0.2, 0) is 6.54 Å². The van der Waals surface area contributed by atoms with E-state index in [0.29, 0.717) is 18.8 Å². The highest BCUT2D eigenvalue weighted by molar-refractivity contribution is 7.15. The average molecular weight is 334 g/mol. The van der Waals surface area contributed by atoms with Gasteiger partial charge in [-0.05, 0) is 32.2 Å². The number of imidazole rings is 1. The summed E-state index contributed by atoms with van der Waals surface area (Å²) >= 11 is 1.56. The van der Waals surface area contributed by atoms with Gasteiger partial charge in [0, 0.05) is 37.8 Å². The molecule has 2 saturated heterocycles. The largest absolute Gasteiger partial charge is 0.392 e. The van der Waals surface area contributed by atoms with E-state index in [0.717, 1.165) is 56.0 Å². The fourth-order valence-corrected chi connectivity index (χ4v) is 4.34. The molecule has 2 aliphatic heterocycles. The van der Waals surface area contributed by atoms with E-state index in [1.807, 2.05) is 20.9 Å². The quantitative estimate of drug-likeness (QED) is 0.926. The molecule has 0 bridgehead atoms. The van der Waals surface area contributed by atoms with Gasteiger partial charge in [0.25, 0.3) is 5.91 Å². The van der Waals surface area contributed by atoms with Crippen molar-refractivity contribution in [1.82, 2.24) is 19.2 Å². The van der Waals surface area contributed by atoms with E-state index < -0.39 is 0 Å². The number of aliphatic hydroxyl groups is 1. The lowest BCUT2D eigenvalue weighted by Gasteiger charge is -2.30. The molecular formula is C16H22N4O2S.